The van der Waals surface area contributed by atoms with Crippen molar-refractivity contribution in [1.82, 2.24) is 15.1 Å². The van der Waals surface area contributed by atoms with Crippen LogP contribution in [0.15, 0.2) is 91.0 Å². The van der Waals surface area contributed by atoms with Gasteiger partial charge < -0.3 is 10.1 Å². The summed E-state index contributed by atoms with van der Waals surface area (Å²) in [6.45, 7) is 2.34. The van der Waals surface area contributed by atoms with Crippen LogP contribution in [0, 0.1) is 6.92 Å². The zero-order chi connectivity index (χ0) is 23.2. The number of hydrogen-bond acceptors (Lipinski definition) is 4. The van der Waals surface area contributed by atoms with Gasteiger partial charge >= 0.3 is 0 Å². The molecule has 0 bridgehead atoms. The van der Waals surface area contributed by atoms with E-state index in [1.54, 1.807) is 24.8 Å². The third kappa shape index (κ3) is 5.16. The average molecular weight is 458 g/mol. The fourth-order valence-corrected chi connectivity index (χ4v) is 3.88. The minimum atomic E-state index is -0.208. The maximum atomic E-state index is 13.3. The molecule has 166 valence electrons. The molecular weight excluding hydrogens is 434 g/mol. The van der Waals surface area contributed by atoms with Gasteiger partial charge in [0, 0.05) is 18.3 Å². The smallest absolute Gasteiger partial charge is 0.192 e. The molecule has 0 spiro atoms. The molecule has 6 heteroatoms. The molecule has 0 unspecified atom stereocenters. The summed E-state index contributed by atoms with van der Waals surface area (Å²) >= 11 is 6.61. The lowest BCUT2D eigenvalue weighted by Crippen LogP contribution is -2.14. The van der Waals surface area contributed by atoms with Gasteiger partial charge in [-0.3, -0.25) is 4.79 Å². The molecule has 0 aliphatic heterocycles. The van der Waals surface area contributed by atoms with Gasteiger partial charge in [0.2, 0.25) is 0 Å². The monoisotopic (exact) mass is 457 g/mol. The minimum absolute atomic E-state index is 0.208. The second-order valence-electron chi connectivity index (χ2n) is 7.49. The molecule has 3 aromatic carbocycles. The number of rotatable bonds is 8. The van der Waals surface area contributed by atoms with Gasteiger partial charge in [0.15, 0.2) is 5.78 Å². The van der Waals surface area contributed by atoms with Gasteiger partial charge in [-0.1, -0.05) is 72.3 Å². The number of carbonyl (C=O) groups is 1. The molecule has 1 aromatic heterocycles. The van der Waals surface area contributed by atoms with Crippen molar-refractivity contribution in [3.8, 4) is 11.4 Å². The number of aryl methyl sites for hydroxylation is 1. The van der Waals surface area contributed by atoms with Crippen LogP contribution in [0.25, 0.3) is 11.4 Å². The summed E-state index contributed by atoms with van der Waals surface area (Å²) in [5.74, 6) is 0.592. The van der Waals surface area contributed by atoms with E-state index in [-0.39, 0.29) is 5.78 Å². The van der Waals surface area contributed by atoms with Crippen LogP contribution in [0.2, 0.25) is 5.15 Å². The van der Waals surface area contributed by atoms with Gasteiger partial charge in [-0.25, -0.2) is 4.68 Å². The van der Waals surface area contributed by atoms with Crippen molar-refractivity contribution in [3.05, 3.63) is 119 Å². The van der Waals surface area contributed by atoms with Crippen molar-refractivity contribution in [2.45, 2.75) is 13.5 Å². The maximum absolute atomic E-state index is 13.3. The summed E-state index contributed by atoms with van der Waals surface area (Å²) in [4.78, 5) is 13.3. The summed E-state index contributed by atoms with van der Waals surface area (Å²) in [6, 6.07) is 27.1. The lowest BCUT2D eigenvalue weighted by atomic mass is 10.1. The highest BCUT2D eigenvalue weighted by Gasteiger charge is 2.20. The highest BCUT2D eigenvalue weighted by molar-refractivity contribution is 6.34. The fourth-order valence-electron chi connectivity index (χ4n) is 3.52. The lowest BCUT2D eigenvalue weighted by Gasteiger charge is -2.12. The number of aromatic nitrogens is 2. The van der Waals surface area contributed by atoms with Crippen molar-refractivity contribution in [2.24, 2.45) is 0 Å². The van der Waals surface area contributed by atoms with Crippen LogP contribution in [-0.2, 0) is 6.54 Å². The first kappa shape index (κ1) is 22.4. The van der Waals surface area contributed by atoms with E-state index in [0.717, 1.165) is 22.6 Å². The molecule has 4 rings (SSSR count). The van der Waals surface area contributed by atoms with Crippen LogP contribution < -0.4 is 10.1 Å². The summed E-state index contributed by atoms with van der Waals surface area (Å²) in [5, 5.41) is 8.18. The highest BCUT2D eigenvalue weighted by Crippen LogP contribution is 2.25. The van der Waals surface area contributed by atoms with E-state index in [2.05, 4.69) is 10.4 Å². The second-order valence-corrected chi connectivity index (χ2v) is 7.85. The number of halogens is 1. The number of para-hydroxylation sites is 1. The lowest BCUT2D eigenvalue weighted by molar-refractivity contribution is 0.104. The van der Waals surface area contributed by atoms with E-state index in [0.29, 0.717) is 28.7 Å². The summed E-state index contributed by atoms with van der Waals surface area (Å²) in [7, 11) is 1.64. The number of ether oxygens (including phenoxy) is 1. The highest BCUT2D eigenvalue weighted by atomic mass is 35.5. The van der Waals surface area contributed by atoms with Gasteiger partial charge in [-0.05, 0) is 42.3 Å². The first-order chi connectivity index (χ1) is 16.1. The van der Waals surface area contributed by atoms with Gasteiger partial charge in [-0.15, -0.1) is 0 Å². The number of ketones is 1. The predicted molar refractivity (Wildman–Crippen MR) is 132 cm³/mol. The first-order valence-corrected chi connectivity index (χ1v) is 10.9. The number of nitrogens with zero attached hydrogens (tertiary/aromatic N) is 2. The minimum Gasteiger partial charge on any atom is -0.497 e. The number of benzene rings is 3. The van der Waals surface area contributed by atoms with Gasteiger partial charge in [0.25, 0.3) is 0 Å². The molecule has 0 aliphatic rings. The number of methoxy groups -OCH3 is 1. The molecule has 1 N–H and O–H groups in total. The Bertz CT molecular complexity index is 1260. The molecule has 0 atom stereocenters. The Morgan fingerprint density at radius 1 is 1.00 bits per heavy atom. The van der Waals surface area contributed by atoms with E-state index < -0.39 is 0 Å². The molecule has 33 heavy (non-hydrogen) atoms. The van der Waals surface area contributed by atoms with Gasteiger partial charge in [0.05, 0.1) is 24.1 Å². The Hall–Kier alpha value is -3.83. The number of hydrogen-bond donors (Lipinski definition) is 1. The molecule has 0 radical (unpaired) electrons. The Morgan fingerprint density at radius 3 is 2.27 bits per heavy atom. The van der Waals surface area contributed by atoms with E-state index in [9.17, 15) is 4.79 Å². The third-order valence-electron chi connectivity index (χ3n) is 5.25. The summed E-state index contributed by atoms with van der Waals surface area (Å²) in [5.41, 5.74) is 4.45. The fraction of sp³-hybridized carbons (Fsp3) is 0.111. The molecule has 0 fully saturated rings. The van der Waals surface area contributed by atoms with Crippen molar-refractivity contribution < 1.29 is 9.53 Å². The molecule has 5 nitrogen and oxygen atoms in total. The van der Waals surface area contributed by atoms with Crippen LogP contribution in [-0.4, -0.2) is 22.7 Å². The maximum Gasteiger partial charge on any atom is 0.192 e. The molecule has 0 amide bonds. The SMILES string of the molecule is COc1ccc(CN/C(=C\C(=O)c2c(C)nn(-c3ccccc3)c2Cl)c2ccccc2)cc1. The number of carbonyl (C=O) groups excluding carboxylic acids is 1. The van der Waals surface area contributed by atoms with Crippen LogP contribution in [0.3, 0.4) is 0 Å². The van der Waals surface area contributed by atoms with Crippen LogP contribution in [0.5, 0.6) is 5.75 Å². The first-order valence-electron chi connectivity index (χ1n) is 10.6. The van der Waals surface area contributed by atoms with Crippen LogP contribution in [0.4, 0.5) is 0 Å². The second kappa shape index (κ2) is 10.2. The van der Waals surface area contributed by atoms with Crippen molar-refractivity contribution >= 4 is 23.1 Å². The largest absolute Gasteiger partial charge is 0.497 e. The number of allylic oxidation sites excluding steroid dienone is 1. The zero-order valence-corrected chi connectivity index (χ0v) is 19.2. The quantitative estimate of drug-likeness (QED) is 0.266. The molecular formula is C27H24ClN3O2. The van der Waals surface area contributed by atoms with E-state index in [1.807, 2.05) is 84.9 Å². The molecule has 4 aromatic rings. The van der Waals surface area contributed by atoms with E-state index >= 15 is 0 Å². The van der Waals surface area contributed by atoms with Crippen molar-refractivity contribution in [1.29, 1.82) is 0 Å². The molecule has 0 saturated carbocycles. The van der Waals surface area contributed by atoms with Gasteiger partial charge in [-0.2, -0.15) is 5.10 Å². The summed E-state index contributed by atoms with van der Waals surface area (Å²) in [6.07, 6.45) is 1.59. The predicted octanol–water partition coefficient (Wildman–Crippen LogP) is 5.86. The average Bonchev–Trinajstić information content (AvgIpc) is 3.16. The Kier molecular flexibility index (Phi) is 6.91. The Morgan fingerprint density at radius 2 is 1.64 bits per heavy atom. The van der Waals surface area contributed by atoms with E-state index in [1.165, 1.54) is 0 Å². The molecule has 0 saturated heterocycles. The topological polar surface area (TPSA) is 56.1 Å². The molecule has 1 heterocycles. The van der Waals surface area contributed by atoms with Crippen LogP contribution in [0.1, 0.15) is 27.2 Å². The van der Waals surface area contributed by atoms with Gasteiger partial charge in [0.1, 0.15) is 10.9 Å². The normalized spacial score (nSPS) is 11.3. The van der Waals surface area contributed by atoms with Crippen molar-refractivity contribution in [3.63, 3.8) is 0 Å². The molecule has 0 aliphatic carbocycles. The number of nitrogens with one attached hydrogen (secondary N) is 1. The van der Waals surface area contributed by atoms with Crippen molar-refractivity contribution in [2.75, 3.05) is 7.11 Å². The Balaban J connectivity index is 1.64. The Labute approximate surface area is 198 Å². The summed E-state index contributed by atoms with van der Waals surface area (Å²) < 4.78 is 6.81. The zero-order valence-electron chi connectivity index (χ0n) is 18.5. The van der Waals surface area contributed by atoms with E-state index in [4.69, 9.17) is 16.3 Å². The standard InChI is InChI=1S/C27H24ClN3O2/c1-19-26(27(28)31(30-19)22-11-7-4-8-12-22)25(32)17-24(21-9-5-3-6-10-21)29-18-20-13-15-23(33-2)16-14-20/h3-17,29H,18H2,1-2H3/b24-17-. The van der Waals surface area contributed by atoms with Crippen LogP contribution >= 0.6 is 11.6 Å². The third-order valence-corrected chi connectivity index (χ3v) is 5.60.